The lowest BCUT2D eigenvalue weighted by molar-refractivity contribution is -0.0830. The Morgan fingerprint density at radius 1 is 1.30 bits per heavy atom. The minimum Gasteiger partial charge on any atom is -0.372 e. The van der Waals surface area contributed by atoms with Crippen LogP contribution in [0.3, 0.4) is 0 Å². The van der Waals surface area contributed by atoms with Gasteiger partial charge in [-0.15, -0.1) is 11.6 Å². The summed E-state index contributed by atoms with van der Waals surface area (Å²) in [6.07, 6.45) is 1.59. The first-order valence-electron chi connectivity index (χ1n) is 7.39. The van der Waals surface area contributed by atoms with E-state index in [2.05, 4.69) is 36.1 Å². The number of fused-ring (bicyclic) bond motifs is 1. The van der Waals surface area contributed by atoms with E-state index in [4.69, 9.17) is 21.1 Å². The average Bonchev–Trinajstić information content (AvgIpc) is 2.47. The molecular formula is C16H22ClNO2. The Bertz CT molecular complexity index is 454. The molecule has 0 amide bonds. The molecule has 0 aromatic heterocycles. The zero-order valence-electron chi connectivity index (χ0n) is 11.9. The molecule has 4 heteroatoms. The zero-order valence-corrected chi connectivity index (χ0v) is 12.7. The van der Waals surface area contributed by atoms with Gasteiger partial charge in [0.25, 0.3) is 0 Å². The number of morpholine rings is 1. The van der Waals surface area contributed by atoms with Gasteiger partial charge in [0.15, 0.2) is 0 Å². The van der Waals surface area contributed by atoms with E-state index < -0.39 is 0 Å². The van der Waals surface area contributed by atoms with Crippen molar-refractivity contribution in [3.8, 4) is 0 Å². The zero-order chi connectivity index (χ0) is 13.9. The summed E-state index contributed by atoms with van der Waals surface area (Å²) >= 11 is 5.95. The van der Waals surface area contributed by atoms with Gasteiger partial charge < -0.3 is 9.47 Å². The highest BCUT2D eigenvalue weighted by atomic mass is 35.5. The summed E-state index contributed by atoms with van der Waals surface area (Å²) < 4.78 is 11.8. The van der Waals surface area contributed by atoms with E-state index >= 15 is 0 Å². The normalized spacial score (nSPS) is 31.0. The minimum atomic E-state index is 0.138. The van der Waals surface area contributed by atoms with Crippen LogP contribution >= 0.6 is 11.6 Å². The van der Waals surface area contributed by atoms with Crippen LogP contribution in [0, 0.1) is 0 Å². The third-order valence-corrected chi connectivity index (χ3v) is 4.43. The molecule has 1 saturated heterocycles. The first-order chi connectivity index (χ1) is 9.76. The Balaban J connectivity index is 1.69. The molecule has 3 unspecified atom stereocenters. The lowest BCUT2D eigenvalue weighted by atomic mass is 9.97. The first-order valence-corrected chi connectivity index (χ1v) is 7.93. The Morgan fingerprint density at radius 3 is 3.00 bits per heavy atom. The highest BCUT2D eigenvalue weighted by molar-refractivity contribution is 6.18. The summed E-state index contributed by atoms with van der Waals surface area (Å²) in [6.45, 7) is 5.71. The summed E-state index contributed by atoms with van der Waals surface area (Å²) in [5, 5.41) is 0. The van der Waals surface area contributed by atoms with E-state index in [-0.39, 0.29) is 18.3 Å². The molecule has 0 N–H and O–H groups in total. The summed E-state index contributed by atoms with van der Waals surface area (Å²) in [4.78, 5) is 2.42. The van der Waals surface area contributed by atoms with Crippen molar-refractivity contribution in [1.82, 2.24) is 4.90 Å². The number of alkyl halides is 1. The largest absolute Gasteiger partial charge is 0.372 e. The SMILES string of the molecule is CC1CN(CC2OCCc3ccccc32)CC(CCl)O1. The van der Waals surface area contributed by atoms with Crippen LogP contribution in [-0.4, -0.2) is 49.2 Å². The van der Waals surface area contributed by atoms with Crippen molar-refractivity contribution < 1.29 is 9.47 Å². The van der Waals surface area contributed by atoms with Gasteiger partial charge in [-0.25, -0.2) is 0 Å². The Kier molecular flexibility index (Phi) is 4.61. The molecular weight excluding hydrogens is 274 g/mol. The molecule has 3 rings (SSSR count). The van der Waals surface area contributed by atoms with Crippen LogP contribution in [0.25, 0.3) is 0 Å². The number of hydrogen-bond acceptors (Lipinski definition) is 3. The second-order valence-electron chi connectivity index (χ2n) is 5.75. The van der Waals surface area contributed by atoms with Crippen LogP contribution in [0.2, 0.25) is 0 Å². The van der Waals surface area contributed by atoms with Crippen molar-refractivity contribution in [2.24, 2.45) is 0 Å². The smallest absolute Gasteiger partial charge is 0.0954 e. The van der Waals surface area contributed by atoms with Crippen LogP contribution in [0.15, 0.2) is 24.3 Å². The molecule has 1 aromatic rings. The predicted molar refractivity (Wildman–Crippen MR) is 80.3 cm³/mol. The maximum Gasteiger partial charge on any atom is 0.0954 e. The molecule has 1 fully saturated rings. The van der Waals surface area contributed by atoms with Crippen LogP contribution < -0.4 is 0 Å². The molecule has 2 heterocycles. The molecule has 2 aliphatic heterocycles. The molecule has 0 spiro atoms. The quantitative estimate of drug-likeness (QED) is 0.800. The van der Waals surface area contributed by atoms with Crippen LogP contribution in [0.1, 0.15) is 24.2 Å². The summed E-state index contributed by atoms with van der Waals surface area (Å²) in [5.41, 5.74) is 2.78. The van der Waals surface area contributed by atoms with E-state index in [0.717, 1.165) is 32.7 Å². The fourth-order valence-electron chi connectivity index (χ4n) is 3.24. The second-order valence-corrected chi connectivity index (χ2v) is 6.06. The fraction of sp³-hybridized carbons (Fsp3) is 0.625. The van der Waals surface area contributed by atoms with E-state index in [1.165, 1.54) is 11.1 Å². The van der Waals surface area contributed by atoms with Gasteiger partial charge in [-0.1, -0.05) is 24.3 Å². The molecule has 20 heavy (non-hydrogen) atoms. The lowest BCUT2D eigenvalue weighted by Gasteiger charge is -2.38. The molecule has 0 saturated carbocycles. The van der Waals surface area contributed by atoms with Gasteiger partial charge in [-0.2, -0.15) is 0 Å². The van der Waals surface area contributed by atoms with Crippen molar-refractivity contribution in [2.75, 3.05) is 32.1 Å². The summed E-state index contributed by atoms with van der Waals surface area (Å²) in [5.74, 6) is 0.558. The van der Waals surface area contributed by atoms with Gasteiger partial charge in [0.05, 0.1) is 24.9 Å². The van der Waals surface area contributed by atoms with Gasteiger partial charge in [-0.3, -0.25) is 4.90 Å². The molecule has 3 atom stereocenters. The molecule has 0 bridgehead atoms. The van der Waals surface area contributed by atoms with Crippen molar-refractivity contribution in [1.29, 1.82) is 0 Å². The number of benzene rings is 1. The topological polar surface area (TPSA) is 21.7 Å². The van der Waals surface area contributed by atoms with Gasteiger partial charge in [-0.05, 0) is 24.5 Å². The van der Waals surface area contributed by atoms with Crippen LogP contribution in [0.5, 0.6) is 0 Å². The van der Waals surface area contributed by atoms with Gasteiger partial charge in [0.2, 0.25) is 0 Å². The van der Waals surface area contributed by atoms with Gasteiger partial charge in [0, 0.05) is 25.5 Å². The standard InChI is InChI=1S/C16H22ClNO2/c1-12-9-18(10-14(8-17)20-12)11-16-15-5-3-2-4-13(15)6-7-19-16/h2-5,12,14,16H,6-11H2,1H3. The Morgan fingerprint density at radius 2 is 2.15 bits per heavy atom. The second kappa shape index (κ2) is 6.44. The number of nitrogens with zero attached hydrogens (tertiary/aromatic N) is 1. The van der Waals surface area contributed by atoms with E-state index in [0.29, 0.717) is 5.88 Å². The number of ether oxygens (including phenoxy) is 2. The Hall–Kier alpha value is -0.610. The number of hydrogen-bond donors (Lipinski definition) is 0. The number of rotatable bonds is 3. The van der Waals surface area contributed by atoms with E-state index in [9.17, 15) is 0 Å². The van der Waals surface area contributed by atoms with Crippen LogP contribution in [-0.2, 0) is 15.9 Å². The number of halogens is 1. The highest BCUT2D eigenvalue weighted by Crippen LogP contribution is 2.28. The predicted octanol–water partition coefficient (Wildman–Crippen LogP) is 2.63. The third kappa shape index (κ3) is 3.17. The monoisotopic (exact) mass is 295 g/mol. The fourth-order valence-corrected chi connectivity index (χ4v) is 3.41. The minimum absolute atomic E-state index is 0.138. The van der Waals surface area contributed by atoms with Gasteiger partial charge >= 0.3 is 0 Å². The lowest BCUT2D eigenvalue weighted by Crippen LogP contribution is -2.49. The third-order valence-electron chi connectivity index (χ3n) is 4.09. The summed E-state index contributed by atoms with van der Waals surface area (Å²) in [7, 11) is 0. The van der Waals surface area contributed by atoms with Crippen molar-refractivity contribution in [3.63, 3.8) is 0 Å². The molecule has 1 aromatic carbocycles. The molecule has 0 radical (unpaired) electrons. The first kappa shape index (κ1) is 14.3. The Labute approximate surface area is 125 Å². The van der Waals surface area contributed by atoms with E-state index in [1.54, 1.807) is 0 Å². The molecule has 0 aliphatic carbocycles. The molecule has 3 nitrogen and oxygen atoms in total. The maximum atomic E-state index is 6.00. The van der Waals surface area contributed by atoms with Crippen LogP contribution in [0.4, 0.5) is 0 Å². The average molecular weight is 296 g/mol. The maximum absolute atomic E-state index is 6.00. The highest BCUT2D eigenvalue weighted by Gasteiger charge is 2.29. The molecule has 2 aliphatic rings. The molecule has 110 valence electrons. The van der Waals surface area contributed by atoms with Crippen molar-refractivity contribution in [2.45, 2.75) is 31.7 Å². The van der Waals surface area contributed by atoms with Crippen molar-refractivity contribution >= 4 is 11.6 Å². The van der Waals surface area contributed by atoms with E-state index in [1.807, 2.05) is 0 Å². The summed E-state index contributed by atoms with van der Waals surface area (Å²) in [6, 6.07) is 8.63. The van der Waals surface area contributed by atoms with Crippen molar-refractivity contribution in [3.05, 3.63) is 35.4 Å². The van der Waals surface area contributed by atoms with Gasteiger partial charge in [0.1, 0.15) is 0 Å².